The third-order valence-corrected chi connectivity index (χ3v) is 4.45. The van der Waals surface area contributed by atoms with Crippen molar-refractivity contribution in [3.8, 4) is 5.75 Å². The molecule has 0 aliphatic rings. The van der Waals surface area contributed by atoms with Crippen LogP contribution in [-0.2, 0) is 10.1 Å². The predicted octanol–water partition coefficient (Wildman–Crippen LogP) is 2.91. The number of nitrogens with zero attached hydrogens (tertiary/aromatic N) is 1. The minimum Gasteiger partial charge on any atom is -0.375 e. The normalized spacial score (nSPS) is 12.6. The molecule has 0 aliphatic heterocycles. The average molecular weight is 400 g/mol. The van der Waals surface area contributed by atoms with Crippen molar-refractivity contribution in [3.05, 3.63) is 44.3 Å². The van der Waals surface area contributed by atoms with E-state index in [2.05, 4.69) is 20.1 Å². The predicted molar refractivity (Wildman–Crippen MR) is 76.4 cm³/mol. The van der Waals surface area contributed by atoms with Crippen molar-refractivity contribution in [2.24, 2.45) is 0 Å². The van der Waals surface area contributed by atoms with Crippen LogP contribution in [0.25, 0.3) is 5.52 Å². The molecule has 2 rings (SSSR count). The summed E-state index contributed by atoms with van der Waals surface area (Å²) in [6.45, 7) is 2.91. The molecular weight excluding hydrogens is 391 g/mol. The zero-order valence-corrected chi connectivity index (χ0v) is 13.6. The summed E-state index contributed by atoms with van der Waals surface area (Å²) in [6.07, 6.45) is 1.48. The summed E-state index contributed by atoms with van der Waals surface area (Å²) in [4.78, 5) is 12.2. The fraction of sp³-hybridized carbons (Fsp3) is 0.250. The van der Waals surface area contributed by atoms with Gasteiger partial charge in [0, 0.05) is 16.7 Å². The molecule has 0 saturated heterocycles. The van der Waals surface area contributed by atoms with Crippen molar-refractivity contribution in [1.82, 2.24) is 4.40 Å². The molecule has 0 saturated carbocycles. The lowest BCUT2D eigenvalue weighted by molar-refractivity contribution is -0.0500. The number of pyridine rings is 2. The molecule has 0 aliphatic carbocycles. The molecule has 0 aromatic carbocycles. The number of aromatic nitrogens is 1. The second-order valence-electron chi connectivity index (χ2n) is 4.54. The van der Waals surface area contributed by atoms with E-state index in [1.165, 1.54) is 17.5 Å². The number of halogens is 4. The van der Waals surface area contributed by atoms with Gasteiger partial charge in [0.2, 0.25) is 0 Å². The first-order valence-electron chi connectivity index (χ1n) is 5.77. The molecule has 2 aromatic rings. The monoisotopic (exact) mass is 399 g/mol. The lowest BCUT2D eigenvalue weighted by Gasteiger charge is -2.13. The minimum absolute atomic E-state index is 0.188. The highest BCUT2D eigenvalue weighted by atomic mass is 79.9. The van der Waals surface area contributed by atoms with E-state index in [1.54, 1.807) is 13.0 Å². The smallest absolute Gasteiger partial charge is 0.375 e. The summed E-state index contributed by atoms with van der Waals surface area (Å²) < 4.78 is 65.1. The van der Waals surface area contributed by atoms with Gasteiger partial charge in [0.1, 0.15) is 0 Å². The number of alkyl halides is 3. The third-order valence-electron chi connectivity index (χ3n) is 2.85. The number of hydrogen-bond donors (Lipinski definition) is 0. The first-order valence-corrected chi connectivity index (χ1v) is 7.97. The summed E-state index contributed by atoms with van der Waals surface area (Å²) in [5.74, 6) is -0.660. The van der Waals surface area contributed by atoms with Crippen molar-refractivity contribution < 1.29 is 25.8 Å². The molecule has 0 N–H and O–H groups in total. The van der Waals surface area contributed by atoms with Gasteiger partial charge in [-0.15, -0.1) is 0 Å². The Hall–Kier alpha value is -1.55. The first-order chi connectivity index (χ1) is 9.94. The van der Waals surface area contributed by atoms with Gasteiger partial charge in [-0.3, -0.25) is 9.20 Å². The summed E-state index contributed by atoms with van der Waals surface area (Å²) in [6, 6.07) is 2.69. The maximum absolute atomic E-state index is 12.4. The Morgan fingerprint density at radius 3 is 2.36 bits per heavy atom. The maximum Gasteiger partial charge on any atom is 0.534 e. The number of fused-ring (bicyclic) bond motifs is 1. The van der Waals surface area contributed by atoms with Gasteiger partial charge in [-0.05, 0) is 41.4 Å². The molecule has 10 heteroatoms. The van der Waals surface area contributed by atoms with E-state index in [0.717, 1.165) is 11.6 Å². The van der Waals surface area contributed by atoms with Crippen LogP contribution in [0.15, 0.2) is 27.6 Å². The summed E-state index contributed by atoms with van der Waals surface area (Å²) >= 11 is 3.17. The number of aryl methyl sites for hydroxylation is 1. The van der Waals surface area contributed by atoms with Gasteiger partial charge in [0.25, 0.3) is 5.56 Å². The van der Waals surface area contributed by atoms with Crippen LogP contribution >= 0.6 is 15.9 Å². The molecule has 5 nitrogen and oxygen atoms in total. The molecule has 0 atom stereocenters. The van der Waals surface area contributed by atoms with Crippen molar-refractivity contribution in [3.63, 3.8) is 0 Å². The minimum atomic E-state index is -5.84. The highest BCUT2D eigenvalue weighted by Gasteiger charge is 2.48. The summed E-state index contributed by atoms with van der Waals surface area (Å²) in [5, 5.41) is 0. The van der Waals surface area contributed by atoms with Crippen molar-refractivity contribution in [2.75, 3.05) is 0 Å². The Balaban J connectivity index is 2.73. The largest absolute Gasteiger partial charge is 0.534 e. The third kappa shape index (κ3) is 2.84. The van der Waals surface area contributed by atoms with Gasteiger partial charge in [0.15, 0.2) is 5.75 Å². The van der Waals surface area contributed by atoms with Crippen LogP contribution in [0.5, 0.6) is 5.75 Å². The van der Waals surface area contributed by atoms with E-state index >= 15 is 0 Å². The molecule has 0 spiro atoms. The topological polar surface area (TPSA) is 64.9 Å². The Bertz CT molecular complexity index is 919. The zero-order chi connectivity index (χ0) is 16.9. The molecule has 2 aromatic heterocycles. The maximum atomic E-state index is 12.4. The van der Waals surface area contributed by atoms with Gasteiger partial charge < -0.3 is 4.18 Å². The zero-order valence-electron chi connectivity index (χ0n) is 11.2. The molecule has 0 amide bonds. The van der Waals surface area contributed by atoms with E-state index in [9.17, 15) is 26.4 Å². The second kappa shape index (κ2) is 5.27. The molecule has 0 radical (unpaired) electrons. The number of hydrogen-bond acceptors (Lipinski definition) is 4. The van der Waals surface area contributed by atoms with E-state index < -0.39 is 26.9 Å². The fourth-order valence-corrected chi connectivity index (χ4v) is 2.95. The molecule has 22 heavy (non-hydrogen) atoms. The SMILES string of the molecule is Cc1cc(Br)c2cc(OS(=O)(=O)C(F)(F)F)c(C)c(=O)n2c1. The van der Waals surface area contributed by atoms with Crippen molar-refractivity contribution >= 4 is 31.6 Å². The fourth-order valence-electron chi connectivity index (χ4n) is 1.78. The Labute approximate surface area is 131 Å². The van der Waals surface area contributed by atoms with Crippen LogP contribution in [0.1, 0.15) is 11.1 Å². The molecular formula is C12H9BrF3NO4S. The molecule has 0 fully saturated rings. The highest BCUT2D eigenvalue weighted by molar-refractivity contribution is 9.10. The lowest BCUT2D eigenvalue weighted by Crippen LogP contribution is -2.29. The molecule has 2 heterocycles. The first kappa shape index (κ1) is 16.8. The van der Waals surface area contributed by atoms with Crippen molar-refractivity contribution in [1.29, 1.82) is 0 Å². The van der Waals surface area contributed by atoms with Gasteiger partial charge >= 0.3 is 15.6 Å². The average Bonchev–Trinajstić information content (AvgIpc) is 2.35. The van der Waals surface area contributed by atoms with E-state index in [0.29, 0.717) is 4.47 Å². The number of rotatable bonds is 2. The second-order valence-corrected chi connectivity index (χ2v) is 6.93. The highest BCUT2D eigenvalue weighted by Crippen LogP contribution is 2.30. The lowest BCUT2D eigenvalue weighted by atomic mass is 10.2. The van der Waals surface area contributed by atoms with Gasteiger partial charge in [-0.25, -0.2) is 0 Å². The van der Waals surface area contributed by atoms with E-state index in [-0.39, 0.29) is 11.1 Å². The van der Waals surface area contributed by atoms with Crippen LogP contribution in [0.3, 0.4) is 0 Å². The van der Waals surface area contributed by atoms with Crippen LogP contribution in [-0.4, -0.2) is 18.3 Å². The van der Waals surface area contributed by atoms with Gasteiger partial charge in [-0.2, -0.15) is 21.6 Å². The Morgan fingerprint density at radius 2 is 1.82 bits per heavy atom. The quantitative estimate of drug-likeness (QED) is 0.575. The van der Waals surface area contributed by atoms with Crippen LogP contribution in [0.2, 0.25) is 0 Å². The summed E-state index contributed by atoms with van der Waals surface area (Å²) in [7, 11) is -5.84. The molecule has 120 valence electrons. The molecule has 0 unspecified atom stereocenters. The van der Waals surface area contributed by atoms with Crippen molar-refractivity contribution in [2.45, 2.75) is 19.4 Å². The molecule has 0 bridgehead atoms. The van der Waals surface area contributed by atoms with E-state index in [1.807, 2.05) is 0 Å². The standard InChI is InChI=1S/C12H9BrF3NO4S/c1-6-3-8(13)9-4-10(7(2)11(18)17(9)5-6)21-22(19,20)12(14,15)16/h3-5H,1-2H3. The Morgan fingerprint density at radius 1 is 1.23 bits per heavy atom. The van der Waals surface area contributed by atoms with Crippen LogP contribution in [0.4, 0.5) is 13.2 Å². The van der Waals surface area contributed by atoms with Crippen LogP contribution < -0.4 is 9.74 Å². The van der Waals surface area contributed by atoms with Gasteiger partial charge in [-0.1, -0.05) is 0 Å². The van der Waals surface area contributed by atoms with Crippen LogP contribution in [0, 0.1) is 13.8 Å². The summed E-state index contributed by atoms with van der Waals surface area (Å²) in [5.41, 5.74) is -5.57. The van der Waals surface area contributed by atoms with Gasteiger partial charge in [0.05, 0.1) is 11.1 Å². The Kier molecular flexibility index (Phi) is 4.03. The van der Waals surface area contributed by atoms with E-state index in [4.69, 9.17) is 0 Å².